The van der Waals surface area contributed by atoms with Crippen LogP contribution in [0.15, 0.2) is 24.4 Å². The van der Waals surface area contributed by atoms with Crippen LogP contribution in [0.3, 0.4) is 0 Å². The van der Waals surface area contributed by atoms with E-state index in [2.05, 4.69) is 27.7 Å². The molecule has 0 bridgehead atoms. The van der Waals surface area contributed by atoms with Crippen molar-refractivity contribution in [1.82, 2.24) is 14.7 Å². The minimum atomic E-state index is 0.204. The zero-order chi connectivity index (χ0) is 12.5. The van der Waals surface area contributed by atoms with Crippen molar-refractivity contribution in [2.75, 3.05) is 6.54 Å². The van der Waals surface area contributed by atoms with E-state index < -0.39 is 0 Å². The van der Waals surface area contributed by atoms with Crippen molar-refractivity contribution in [2.45, 2.75) is 26.2 Å². The standard InChI is InChI=1S/C14H17N3O/c1-10-3-2-4-13-16-12(9-17(10)13)7-8-15-14(18)11-5-6-11/h2-4,9,11H,5-8H2,1H3,(H,15,18). The van der Waals surface area contributed by atoms with E-state index in [1.54, 1.807) is 0 Å². The lowest BCUT2D eigenvalue weighted by molar-refractivity contribution is -0.122. The summed E-state index contributed by atoms with van der Waals surface area (Å²) in [7, 11) is 0. The zero-order valence-corrected chi connectivity index (χ0v) is 10.5. The number of nitrogens with one attached hydrogen (secondary N) is 1. The fourth-order valence-corrected chi connectivity index (χ4v) is 2.12. The van der Waals surface area contributed by atoms with Gasteiger partial charge in [0.25, 0.3) is 0 Å². The van der Waals surface area contributed by atoms with Crippen LogP contribution >= 0.6 is 0 Å². The molecule has 0 unspecified atom stereocenters. The van der Waals surface area contributed by atoms with E-state index in [4.69, 9.17) is 0 Å². The summed E-state index contributed by atoms with van der Waals surface area (Å²) < 4.78 is 2.08. The van der Waals surface area contributed by atoms with Crippen LogP contribution in [0.2, 0.25) is 0 Å². The molecule has 1 fully saturated rings. The summed E-state index contributed by atoms with van der Waals surface area (Å²) in [6.07, 6.45) is 4.95. The number of rotatable bonds is 4. The van der Waals surface area contributed by atoms with Crippen molar-refractivity contribution in [2.24, 2.45) is 5.92 Å². The van der Waals surface area contributed by atoms with Gasteiger partial charge in [-0.2, -0.15) is 0 Å². The lowest BCUT2D eigenvalue weighted by Gasteiger charge is -2.01. The van der Waals surface area contributed by atoms with Crippen molar-refractivity contribution in [3.05, 3.63) is 35.8 Å². The first-order valence-electron chi connectivity index (χ1n) is 6.45. The Morgan fingerprint density at radius 3 is 3.06 bits per heavy atom. The molecule has 94 valence electrons. The van der Waals surface area contributed by atoms with E-state index in [9.17, 15) is 4.79 Å². The van der Waals surface area contributed by atoms with Gasteiger partial charge in [0.1, 0.15) is 5.65 Å². The number of aromatic nitrogens is 2. The van der Waals surface area contributed by atoms with Gasteiger partial charge >= 0.3 is 0 Å². The number of imidazole rings is 1. The predicted octanol–water partition coefficient (Wildman–Crippen LogP) is 1.71. The molecule has 2 heterocycles. The number of hydrogen-bond acceptors (Lipinski definition) is 2. The molecule has 0 spiro atoms. The number of aryl methyl sites for hydroxylation is 1. The van der Waals surface area contributed by atoms with Crippen LogP contribution in [0.1, 0.15) is 24.2 Å². The molecule has 4 nitrogen and oxygen atoms in total. The van der Waals surface area contributed by atoms with Gasteiger partial charge in [-0.05, 0) is 31.9 Å². The molecule has 2 aromatic heterocycles. The van der Waals surface area contributed by atoms with Crippen LogP contribution in [0.4, 0.5) is 0 Å². The van der Waals surface area contributed by atoms with Gasteiger partial charge in [0, 0.05) is 30.8 Å². The quantitative estimate of drug-likeness (QED) is 0.888. The molecule has 18 heavy (non-hydrogen) atoms. The van der Waals surface area contributed by atoms with Gasteiger partial charge in [0.2, 0.25) is 5.91 Å². The fourth-order valence-electron chi connectivity index (χ4n) is 2.12. The minimum absolute atomic E-state index is 0.204. The Morgan fingerprint density at radius 2 is 2.33 bits per heavy atom. The normalized spacial score (nSPS) is 14.9. The highest BCUT2D eigenvalue weighted by Crippen LogP contribution is 2.28. The molecule has 1 N–H and O–H groups in total. The van der Waals surface area contributed by atoms with Gasteiger partial charge < -0.3 is 9.72 Å². The number of carbonyl (C=O) groups is 1. The van der Waals surface area contributed by atoms with E-state index in [1.165, 1.54) is 5.69 Å². The minimum Gasteiger partial charge on any atom is -0.355 e. The molecule has 1 amide bonds. The maximum absolute atomic E-state index is 11.5. The molecule has 0 radical (unpaired) electrons. The lowest BCUT2D eigenvalue weighted by Crippen LogP contribution is -2.26. The first-order valence-corrected chi connectivity index (χ1v) is 6.45. The summed E-state index contributed by atoms with van der Waals surface area (Å²) in [6, 6.07) is 6.07. The van der Waals surface area contributed by atoms with E-state index >= 15 is 0 Å². The number of carbonyl (C=O) groups excluding carboxylic acids is 1. The van der Waals surface area contributed by atoms with Gasteiger partial charge in [-0.25, -0.2) is 4.98 Å². The van der Waals surface area contributed by atoms with Crippen molar-refractivity contribution >= 4 is 11.6 Å². The number of hydrogen-bond donors (Lipinski definition) is 1. The molecule has 0 atom stereocenters. The SMILES string of the molecule is Cc1cccc2nc(CCNC(=O)C3CC3)cn12. The Labute approximate surface area is 106 Å². The first-order chi connectivity index (χ1) is 8.74. The molecule has 3 rings (SSSR count). The summed E-state index contributed by atoms with van der Waals surface area (Å²) in [5.41, 5.74) is 3.17. The van der Waals surface area contributed by atoms with Crippen molar-refractivity contribution in [1.29, 1.82) is 0 Å². The van der Waals surface area contributed by atoms with Gasteiger partial charge in [-0.1, -0.05) is 6.07 Å². The first kappa shape index (κ1) is 11.3. The Morgan fingerprint density at radius 1 is 1.50 bits per heavy atom. The molecule has 1 saturated carbocycles. The van der Waals surface area contributed by atoms with Crippen LogP contribution in [0.5, 0.6) is 0 Å². The largest absolute Gasteiger partial charge is 0.355 e. The third-order valence-electron chi connectivity index (χ3n) is 3.37. The van der Waals surface area contributed by atoms with Crippen LogP contribution < -0.4 is 5.32 Å². The Kier molecular flexibility index (Phi) is 2.78. The number of pyridine rings is 1. The molecule has 0 aromatic carbocycles. The van der Waals surface area contributed by atoms with Crippen molar-refractivity contribution < 1.29 is 4.79 Å². The van der Waals surface area contributed by atoms with Crippen molar-refractivity contribution in [3.8, 4) is 0 Å². The van der Waals surface area contributed by atoms with Gasteiger partial charge in [0.15, 0.2) is 0 Å². The maximum atomic E-state index is 11.5. The second-order valence-electron chi connectivity index (χ2n) is 4.94. The molecule has 1 aliphatic rings. The average molecular weight is 243 g/mol. The van der Waals surface area contributed by atoms with Crippen molar-refractivity contribution in [3.63, 3.8) is 0 Å². The number of amides is 1. The summed E-state index contributed by atoms with van der Waals surface area (Å²) in [4.78, 5) is 16.0. The molecular weight excluding hydrogens is 226 g/mol. The second kappa shape index (κ2) is 4.44. The van der Waals surface area contributed by atoms with Gasteiger partial charge in [-0.3, -0.25) is 4.79 Å². The van der Waals surface area contributed by atoms with Crippen LogP contribution in [0.25, 0.3) is 5.65 Å². The number of fused-ring (bicyclic) bond motifs is 1. The highest BCUT2D eigenvalue weighted by atomic mass is 16.2. The highest BCUT2D eigenvalue weighted by molar-refractivity contribution is 5.80. The third kappa shape index (κ3) is 2.23. The van der Waals surface area contributed by atoms with E-state index in [1.807, 2.05) is 18.3 Å². The summed E-state index contributed by atoms with van der Waals surface area (Å²) in [5.74, 6) is 0.489. The second-order valence-corrected chi connectivity index (χ2v) is 4.94. The Bertz CT molecular complexity index is 584. The maximum Gasteiger partial charge on any atom is 0.223 e. The van der Waals surface area contributed by atoms with Crippen LogP contribution in [-0.2, 0) is 11.2 Å². The molecule has 1 aliphatic carbocycles. The summed E-state index contributed by atoms with van der Waals surface area (Å²) in [5, 5.41) is 2.96. The highest BCUT2D eigenvalue weighted by Gasteiger charge is 2.29. The lowest BCUT2D eigenvalue weighted by atomic mass is 10.3. The zero-order valence-electron chi connectivity index (χ0n) is 10.5. The number of nitrogens with zero attached hydrogens (tertiary/aromatic N) is 2. The molecule has 4 heteroatoms. The topological polar surface area (TPSA) is 46.4 Å². The van der Waals surface area contributed by atoms with E-state index in [-0.39, 0.29) is 11.8 Å². The van der Waals surface area contributed by atoms with Gasteiger partial charge in [-0.15, -0.1) is 0 Å². The summed E-state index contributed by atoms with van der Waals surface area (Å²) in [6.45, 7) is 2.74. The summed E-state index contributed by atoms with van der Waals surface area (Å²) >= 11 is 0. The van der Waals surface area contributed by atoms with Crippen LogP contribution in [-0.4, -0.2) is 21.8 Å². The molecule has 2 aromatic rings. The molecular formula is C14H17N3O. The molecule has 0 saturated heterocycles. The smallest absolute Gasteiger partial charge is 0.223 e. The monoisotopic (exact) mass is 243 g/mol. The van der Waals surface area contributed by atoms with E-state index in [0.29, 0.717) is 6.54 Å². The van der Waals surface area contributed by atoms with Crippen LogP contribution in [0, 0.1) is 12.8 Å². The van der Waals surface area contributed by atoms with Gasteiger partial charge in [0.05, 0.1) is 5.69 Å². The molecule has 0 aliphatic heterocycles. The fraction of sp³-hybridized carbons (Fsp3) is 0.429. The Balaban J connectivity index is 1.63. The average Bonchev–Trinajstić information content (AvgIpc) is 3.11. The Hall–Kier alpha value is -1.84. The van der Waals surface area contributed by atoms with E-state index in [0.717, 1.165) is 30.6 Å². The predicted molar refractivity (Wildman–Crippen MR) is 69.4 cm³/mol. The third-order valence-corrected chi connectivity index (χ3v) is 3.37.